The molecule has 31 heavy (non-hydrogen) atoms. The van der Waals surface area contributed by atoms with Gasteiger partial charge < -0.3 is 4.90 Å². The minimum atomic E-state index is -0.635. The lowest BCUT2D eigenvalue weighted by Gasteiger charge is -2.50. The Morgan fingerprint density at radius 2 is 1.71 bits per heavy atom. The highest BCUT2D eigenvalue weighted by molar-refractivity contribution is 8.00. The van der Waals surface area contributed by atoms with Crippen molar-refractivity contribution >= 4 is 29.5 Å². The number of imide groups is 1. The van der Waals surface area contributed by atoms with Crippen molar-refractivity contribution in [1.82, 2.24) is 20.4 Å². The lowest BCUT2D eigenvalue weighted by molar-refractivity contribution is -0.140. The molecular weight excluding hydrogens is 419 g/mol. The summed E-state index contributed by atoms with van der Waals surface area (Å²) in [5.41, 5.74) is 0.971. The molecule has 2 N–H and O–H groups in total. The van der Waals surface area contributed by atoms with Gasteiger partial charge in [0.1, 0.15) is 5.82 Å². The maximum Gasteiger partial charge on any atom is 0.327 e. The number of rotatable bonds is 5. The van der Waals surface area contributed by atoms with E-state index in [4.69, 9.17) is 0 Å². The fraction of sp³-hybridized carbons (Fsp3) is 0.318. The first-order valence-corrected chi connectivity index (χ1v) is 10.9. The maximum atomic E-state index is 14.5. The number of halogens is 1. The molecule has 162 valence electrons. The van der Waals surface area contributed by atoms with Crippen LogP contribution >= 0.6 is 11.8 Å². The number of urea groups is 1. The Morgan fingerprint density at radius 3 is 2.42 bits per heavy atom. The summed E-state index contributed by atoms with van der Waals surface area (Å²) < 4.78 is 14.5. The number of ketones is 1. The number of nitrogens with zero attached hydrogens (tertiary/aromatic N) is 2. The molecule has 4 rings (SSSR count). The van der Waals surface area contributed by atoms with E-state index in [0.29, 0.717) is 11.1 Å². The van der Waals surface area contributed by atoms with Crippen molar-refractivity contribution in [3.05, 3.63) is 71.5 Å². The highest BCUT2D eigenvalue weighted by Gasteiger charge is 2.51. The predicted molar refractivity (Wildman–Crippen MR) is 116 cm³/mol. The number of amides is 3. The number of benzene rings is 2. The number of hydrogen-bond acceptors (Lipinski definition) is 6. The van der Waals surface area contributed by atoms with Gasteiger partial charge in [0.05, 0.1) is 29.4 Å². The fourth-order valence-electron chi connectivity index (χ4n) is 3.96. The van der Waals surface area contributed by atoms with Crippen LogP contribution in [0.15, 0.2) is 54.6 Å². The first-order valence-electron chi connectivity index (χ1n) is 9.89. The molecule has 2 aliphatic rings. The van der Waals surface area contributed by atoms with Crippen molar-refractivity contribution in [3.8, 4) is 0 Å². The van der Waals surface area contributed by atoms with Gasteiger partial charge in [0, 0.05) is 25.2 Å². The number of fused-ring (bicyclic) bond motifs is 1. The van der Waals surface area contributed by atoms with E-state index in [-0.39, 0.29) is 17.4 Å². The summed E-state index contributed by atoms with van der Waals surface area (Å²) in [6.45, 7) is 0. The Labute approximate surface area is 184 Å². The van der Waals surface area contributed by atoms with E-state index in [1.165, 1.54) is 29.8 Å². The first-order chi connectivity index (χ1) is 14.9. The average Bonchev–Trinajstić information content (AvgIpc) is 2.80. The minimum Gasteiger partial charge on any atom is -0.311 e. The highest BCUT2D eigenvalue weighted by Crippen LogP contribution is 2.35. The van der Waals surface area contributed by atoms with Crippen molar-refractivity contribution in [3.63, 3.8) is 0 Å². The van der Waals surface area contributed by atoms with Gasteiger partial charge in [0.15, 0.2) is 5.78 Å². The molecule has 2 aromatic rings. The summed E-state index contributed by atoms with van der Waals surface area (Å²) in [7, 11) is 3.05. The molecule has 0 aromatic heterocycles. The third-order valence-corrected chi connectivity index (χ3v) is 6.88. The van der Waals surface area contributed by atoms with Gasteiger partial charge in [0.25, 0.3) is 0 Å². The molecule has 0 bridgehead atoms. The number of Topliss-reactive ketones (excluding diaryl/α,β-unsaturated/α-hetero) is 1. The first kappa shape index (κ1) is 21.5. The third kappa shape index (κ3) is 4.08. The van der Waals surface area contributed by atoms with Crippen molar-refractivity contribution < 1.29 is 18.8 Å². The van der Waals surface area contributed by atoms with E-state index in [2.05, 4.69) is 10.6 Å². The zero-order chi connectivity index (χ0) is 22.1. The van der Waals surface area contributed by atoms with Gasteiger partial charge in [-0.2, -0.15) is 0 Å². The maximum absolute atomic E-state index is 14.5. The second kappa shape index (κ2) is 8.78. The molecule has 4 unspecified atom stereocenters. The van der Waals surface area contributed by atoms with Gasteiger partial charge >= 0.3 is 6.03 Å². The van der Waals surface area contributed by atoms with Crippen molar-refractivity contribution in [1.29, 1.82) is 0 Å². The molecule has 0 aliphatic carbocycles. The van der Waals surface area contributed by atoms with Gasteiger partial charge in [0.2, 0.25) is 5.91 Å². The molecular formula is C22H23FN4O3S. The van der Waals surface area contributed by atoms with Crippen LogP contribution in [0.4, 0.5) is 9.18 Å². The zero-order valence-electron chi connectivity index (χ0n) is 17.1. The van der Waals surface area contributed by atoms with Crippen LogP contribution in [0, 0.1) is 11.7 Å². The molecule has 2 fully saturated rings. The Morgan fingerprint density at radius 1 is 1.03 bits per heavy atom. The van der Waals surface area contributed by atoms with Crippen LogP contribution in [-0.2, 0) is 4.79 Å². The van der Waals surface area contributed by atoms with Crippen LogP contribution in [0.5, 0.6) is 0 Å². The molecule has 2 saturated heterocycles. The van der Waals surface area contributed by atoms with Crippen molar-refractivity contribution in [2.75, 3.05) is 19.8 Å². The van der Waals surface area contributed by atoms with Gasteiger partial charge in [-0.1, -0.05) is 48.5 Å². The van der Waals surface area contributed by atoms with Crippen LogP contribution in [0.3, 0.4) is 0 Å². The second-order valence-corrected chi connectivity index (χ2v) is 8.70. The van der Waals surface area contributed by atoms with E-state index in [0.717, 1.165) is 4.90 Å². The predicted octanol–water partition coefficient (Wildman–Crippen LogP) is 2.43. The normalized spacial score (nSPS) is 26.0. The van der Waals surface area contributed by atoms with Gasteiger partial charge in [-0.3, -0.25) is 25.1 Å². The number of thioether (sulfide) groups is 1. The molecule has 0 saturated carbocycles. The zero-order valence-corrected chi connectivity index (χ0v) is 17.9. The van der Waals surface area contributed by atoms with Gasteiger partial charge in [-0.05, 0) is 6.07 Å². The summed E-state index contributed by atoms with van der Waals surface area (Å²) >= 11 is 1.29. The summed E-state index contributed by atoms with van der Waals surface area (Å²) in [6, 6.07) is 14.8. The minimum absolute atomic E-state index is 0.0639. The topological polar surface area (TPSA) is 81.8 Å². The largest absolute Gasteiger partial charge is 0.327 e. The number of carbonyl (C=O) groups is 3. The quantitative estimate of drug-likeness (QED) is 0.693. The fourth-order valence-corrected chi connectivity index (χ4v) is 5.16. The molecule has 0 spiro atoms. The number of hydrogen-bond donors (Lipinski definition) is 2. The highest BCUT2D eigenvalue weighted by atomic mass is 32.2. The average molecular weight is 443 g/mol. The summed E-state index contributed by atoms with van der Waals surface area (Å²) in [4.78, 5) is 40.6. The van der Waals surface area contributed by atoms with E-state index in [1.807, 2.05) is 6.07 Å². The Bertz CT molecular complexity index is 1010. The molecule has 3 amide bonds. The van der Waals surface area contributed by atoms with Crippen molar-refractivity contribution in [2.45, 2.75) is 17.7 Å². The summed E-state index contributed by atoms with van der Waals surface area (Å²) in [5.74, 6) is -1.30. The third-order valence-electron chi connectivity index (χ3n) is 5.66. The second-order valence-electron chi connectivity index (χ2n) is 7.57. The number of carbonyl (C=O) groups excluding carboxylic acids is 3. The molecule has 4 atom stereocenters. The summed E-state index contributed by atoms with van der Waals surface area (Å²) in [5, 5.41) is 5.97. The smallest absolute Gasteiger partial charge is 0.311 e. The Balaban J connectivity index is 1.61. The van der Waals surface area contributed by atoms with E-state index in [9.17, 15) is 18.8 Å². The van der Waals surface area contributed by atoms with Crippen LogP contribution in [0.1, 0.15) is 22.1 Å². The van der Waals surface area contributed by atoms with Crippen LogP contribution in [0.25, 0.3) is 0 Å². The van der Waals surface area contributed by atoms with E-state index >= 15 is 0 Å². The SMILES string of the molecule is CN1C(=O)C2C(SCC(=O)c3ccccc3)NC(c3ccccc3F)NC2N(C)C1=O. The van der Waals surface area contributed by atoms with Crippen molar-refractivity contribution in [2.24, 2.45) is 5.92 Å². The van der Waals surface area contributed by atoms with E-state index in [1.54, 1.807) is 49.5 Å². The molecule has 2 aliphatic heterocycles. The van der Waals surface area contributed by atoms with Crippen LogP contribution < -0.4 is 10.6 Å². The molecule has 7 nitrogen and oxygen atoms in total. The number of nitrogens with one attached hydrogen (secondary N) is 2. The lowest BCUT2D eigenvalue weighted by Crippen LogP contribution is -2.72. The lowest BCUT2D eigenvalue weighted by atomic mass is 9.96. The molecule has 9 heteroatoms. The summed E-state index contributed by atoms with van der Waals surface area (Å²) in [6.07, 6.45) is -1.26. The van der Waals surface area contributed by atoms with Gasteiger partial charge in [-0.15, -0.1) is 11.8 Å². The van der Waals surface area contributed by atoms with Gasteiger partial charge in [-0.25, -0.2) is 9.18 Å². The molecule has 2 heterocycles. The monoisotopic (exact) mass is 442 g/mol. The van der Waals surface area contributed by atoms with E-state index < -0.39 is 35.5 Å². The van der Waals surface area contributed by atoms with Crippen LogP contribution in [0.2, 0.25) is 0 Å². The Hall–Kier alpha value is -2.75. The molecule has 0 radical (unpaired) electrons. The molecule has 2 aromatic carbocycles. The van der Waals surface area contributed by atoms with Crippen LogP contribution in [-0.4, -0.2) is 58.9 Å². The standard InChI is InChI=1S/C22H23FN4O3S/c1-26-19-17(21(29)27(2)22(26)30)20(31-12-16(28)13-8-4-3-5-9-13)25-18(24-19)14-10-6-7-11-15(14)23/h3-11,17-20,24-25H,12H2,1-2H3. The Kier molecular flexibility index (Phi) is 6.08.